The molecule has 3 rings (SSSR count). The predicted molar refractivity (Wildman–Crippen MR) is 134 cm³/mol. The van der Waals surface area contributed by atoms with E-state index in [1.807, 2.05) is 19.9 Å². The molecule has 3 aromatic carbocycles. The van der Waals surface area contributed by atoms with Gasteiger partial charge in [-0.3, -0.25) is 9.59 Å². The van der Waals surface area contributed by atoms with Gasteiger partial charge in [0.1, 0.15) is 18.1 Å². The third-order valence-electron chi connectivity index (χ3n) is 4.65. The second kappa shape index (κ2) is 11.5. The molecule has 0 fully saturated rings. The maximum absolute atomic E-state index is 12.1. The van der Waals surface area contributed by atoms with Gasteiger partial charge in [-0.1, -0.05) is 29.3 Å². The van der Waals surface area contributed by atoms with Crippen LogP contribution in [-0.4, -0.2) is 25.1 Å². The number of methoxy groups -OCH3 is 1. The summed E-state index contributed by atoms with van der Waals surface area (Å²) in [5.41, 5.74) is 6.12. The molecule has 0 atom stereocenters. The first-order valence-corrected chi connectivity index (χ1v) is 11.0. The second-order valence-electron chi connectivity index (χ2n) is 7.46. The van der Waals surface area contributed by atoms with Crippen molar-refractivity contribution in [2.24, 2.45) is 5.10 Å². The topological polar surface area (TPSA) is 89.0 Å². The average Bonchev–Trinajstić information content (AvgIpc) is 2.77. The molecule has 7 nitrogen and oxygen atoms in total. The van der Waals surface area contributed by atoms with E-state index in [4.69, 9.17) is 32.7 Å². The maximum Gasteiger partial charge on any atom is 0.329 e. The molecule has 176 valence electrons. The summed E-state index contributed by atoms with van der Waals surface area (Å²) in [5.74, 6) is -0.607. The third kappa shape index (κ3) is 6.97. The first-order valence-electron chi connectivity index (χ1n) is 10.2. The van der Waals surface area contributed by atoms with Gasteiger partial charge in [-0.2, -0.15) is 5.10 Å². The van der Waals surface area contributed by atoms with Gasteiger partial charge in [0.25, 0.3) is 0 Å². The fourth-order valence-corrected chi connectivity index (χ4v) is 3.65. The average molecular weight is 500 g/mol. The van der Waals surface area contributed by atoms with Crippen LogP contribution in [0.25, 0.3) is 0 Å². The van der Waals surface area contributed by atoms with Gasteiger partial charge in [0.15, 0.2) is 0 Å². The fourth-order valence-electron chi connectivity index (χ4n) is 3.19. The van der Waals surface area contributed by atoms with E-state index in [2.05, 4.69) is 15.8 Å². The van der Waals surface area contributed by atoms with Gasteiger partial charge >= 0.3 is 11.8 Å². The number of nitrogens with one attached hydrogen (secondary N) is 2. The van der Waals surface area contributed by atoms with Crippen molar-refractivity contribution in [3.63, 3.8) is 0 Å². The van der Waals surface area contributed by atoms with E-state index in [9.17, 15) is 9.59 Å². The Bertz CT molecular complexity index is 1220. The minimum Gasteiger partial charge on any atom is -0.496 e. The standard InChI is InChI=1S/C25H23Cl2N3O4/c1-15-8-16(2)10-20(9-15)29-24(31)25(32)30-28-13-17-4-6-22(33-3)18(11-17)14-34-23-7-5-19(26)12-21(23)27/h4-13H,14H2,1-3H3,(H,29,31)(H,30,32)/b28-13+. The van der Waals surface area contributed by atoms with E-state index >= 15 is 0 Å². The predicted octanol–water partition coefficient (Wildman–Crippen LogP) is 5.29. The number of hydrogen-bond donors (Lipinski definition) is 2. The van der Waals surface area contributed by atoms with Crippen LogP contribution in [0.2, 0.25) is 10.0 Å². The Balaban J connectivity index is 1.62. The van der Waals surface area contributed by atoms with Crippen molar-refractivity contribution >= 4 is 46.9 Å². The third-order valence-corrected chi connectivity index (χ3v) is 5.18. The summed E-state index contributed by atoms with van der Waals surface area (Å²) >= 11 is 12.1. The number of amides is 2. The number of nitrogens with zero attached hydrogens (tertiary/aromatic N) is 1. The molecule has 0 heterocycles. The molecule has 3 aromatic rings. The lowest BCUT2D eigenvalue weighted by molar-refractivity contribution is -0.136. The van der Waals surface area contributed by atoms with E-state index < -0.39 is 11.8 Å². The second-order valence-corrected chi connectivity index (χ2v) is 8.31. The van der Waals surface area contributed by atoms with Crippen LogP contribution in [0.4, 0.5) is 5.69 Å². The number of benzene rings is 3. The SMILES string of the molecule is COc1ccc(/C=N/NC(=O)C(=O)Nc2cc(C)cc(C)c2)cc1COc1ccc(Cl)cc1Cl. The highest BCUT2D eigenvalue weighted by Gasteiger charge is 2.13. The Morgan fingerprint density at radius 1 is 0.941 bits per heavy atom. The molecule has 0 spiro atoms. The zero-order valence-electron chi connectivity index (χ0n) is 18.8. The summed E-state index contributed by atoms with van der Waals surface area (Å²) in [6, 6.07) is 15.8. The molecule has 0 aromatic heterocycles. The summed E-state index contributed by atoms with van der Waals surface area (Å²) in [6.45, 7) is 3.99. The van der Waals surface area contributed by atoms with Gasteiger partial charge in [-0.05, 0) is 79.1 Å². The smallest absolute Gasteiger partial charge is 0.329 e. The molecule has 0 unspecified atom stereocenters. The highest BCUT2D eigenvalue weighted by atomic mass is 35.5. The number of anilines is 1. The highest BCUT2D eigenvalue weighted by molar-refractivity contribution is 6.39. The number of hydrazone groups is 1. The molecule has 0 aliphatic rings. The van der Waals surface area contributed by atoms with Crippen molar-refractivity contribution in [1.82, 2.24) is 5.43 Å². The van der Waals surface area contributed by atoms with E-state index in [1.165, 1.54) is 6.21 Å². The van der Waals surface area contributed by atoms with Gasteiger partial charge in [0.2, 0.25) is 0 Å². The maximum atomic E-state index is 12.1. The minimum atomic E-state index is -0.884. The van der Waals surface area contributed by atoms with Crippen LogP contribution in [-0.2, 0) is 16.2 Å². The molecule has 2 amide bonds. The first kappa shape index (κ1) is 25.1. The normalized spacial score (nSPS) is 10.7. The number of carbonyl (C=O) groups is 2. The van der Waals surface area contributed by atoms with Crippen molar-refractivity contribution < 1.29 is 19.1 Å². The van der Waals surface area contributed by atoms with Crippen molar-refractivity contribution in [2.45, 2.75) is 20.5 Å². The summed E-state index contributed by atoms with van der Waals surface area (Å²) in [6.07, 6.45) is 1.42. The van der Waals surface area contributed by atoms with Crippen molar-refractivity contribution in [3.8, 4) is 11.5 Å². The van der Waals surface area contributed by atoms with Crippen molar-refractivity contribution in [2.75, 3.05) is 12.4 Å². The zero-order valence-corrected chi connectivity index (χ0v) is 20.3. The van der Waals surface area contributed by atoms with Crippen molar-refractivity contribution in [3.05, 3.63) is 86.9 Å². The molecular weight excluding hydrogens is 477 g/mol. The number of aryl methyl sites for hydroxylation is 2. The highest BCUT2D eigenvalue weighted by Crippen LogP contribution is 2.29. The monoisotopic (exact) mass is 499 g/mol. The molecule has 34 heavy (non-hydrogen) atoms. The molecular formula is C25H23Cl2N3O4. The first-order chi connectivity index (χ1) is 16.2. The van der Waals surface area contributed by atoms with Gasteiger partial charge < -0.3 is 14.8 Å². The van der Waals surface area contributed by atoms with E-state index in [1.54, 1.807) is 55.6 Å². The van der Waals surface area contributed by atoms with Gasteiger partial charge in [-0.15, -0.1) is 0 Å². The Labute approximate surface area is 207 Å². The minimum absolute atomic E-state index is 0.177. The van der Waals surface area contributed by atoms with E-state index in [0.29, 0.717) is 32.8 Å². The van der Waals surface area contributed by atoms with Gasteiger partial charge in [0.05, 0.1) is 18.3 Å². The van der Waals surface area contributed by atoms with Gasteiger partial charge in [0, 0.05) is 16.3 Å². The largest absolute Gasteiger partial charge is 0.496 e. The lowest BCUT2D eigenvalue weighted by atomic mass is 10.1. The fraction of sp³-hybridized carbons (Fsp3) is 0.160. The molecule has 0 saturated carbocycles. The lowest BCUT2D eigenvalue weighted by Crippen LogP contribution is -2.32. The summed E-state index contributed by atoms with van der Waals surface area (Å²) in [4.78, 5) is 24.2. The summed E-state index contributed by atoms with van der Waals surface area (Å²) < 4.78 is 11.2. The Morgan fingerprint density at radius 2 is 1.65 bits per heavy atom. The molecule has 0 radical (unpaired) electrons. The van der Waals surface area contributed by atoms with Crippen LogP contribution in [0.5, 0.6) is 11.5 Å². The summed E-state index contributed by atoms with van der Waals surface area (Å²) in [5, 5.41) is 7.34. The van der Waals surface area contributed by atoms with Crippen LogP contribution in [0.15, 0.2) is 59.7 Å². The number of hydrogen-bond acceptors (Lipinski definition) is 5. The Hall–Kier alpha value is -3.55. The van der Waals surface area contributed by atoms with Crippen LogP contribution in [0, 0.1) is 13.8 Å². The zero-order chi connectivity index (χ0) is 24.7. The van der Waals surface area contributed by atoms with Gasteiger partial charge in [-0.25, -0.2) is 5.43 Å². The number of rotatable bonds is 7. The van der Waals surface area contributed by atoms with Crippen LogP contribution >= 0.6 is 23.2 Å². The van der Waals surface area contributed by atoms with E-state index in [0.717, 1.165) is 16.7 Å². The number of carbonyl (C=O) groups excluding carboxylic acids is 2. The molecule has 0 bridgehead atoms. The number of halogens is 2. The van der Waals surface area contributed by atoms with Crippen LogP contribution in [0.1, 0.15) is 22.3 Å². The van der Waals surface area contributed by atoms with Crippen LogP contribution in [0.3, 0.4) is 0 Å². The Morgan fingerprint density at radius 3 is 2.32 bits per heavy atom. The molecule has 0 aliphatic heterocycles. The van der Waals surface area contributed by atoms with Crippen molar-refractivity contribution in [1.29, 1.82) is 0 Å². The molecule has 2 N–H and O–H groups in total. The molecule has 0 aliphatic carbocycles. The van der Waals surface area contributed by atoms with E-state index in [-0.39, 0.29) is 6.61 Å². The quantitative estimate of drug-likeness (QED) is 0.262. The van der Waals surface area contributed by atoms with Crippen LogP contribution < -0.4 is 20.2 Å². The summed E-state index contributed by atoms with van der Waals surface area (Å²) in [7, 11) is 1.55. The lowest BCUT2D eigenvalue weighted by Gasteiger charge is -2.12. The molecule has 9 heteroatoms. The Kier molecular flexibility index (Phi) is 8.51. The number of ether oxygens (including phenoxy) is 2. The molecule has 0 saturated heterocycles.